The van der Waals surface area contributed by atoms with Crippen molar-refractivity contribution in [1.29, 1.82) is 0 Å². The summed E-state index contributed by atoms with van der Waals surface area (Å²) in [6, 6.07) is 17.3. The van der Waals surface area contributed by atoms with Gasteiger partial charge in [0.1, 0.15) is 0 Å². The zero-order valence-electron chi connectivity index (χ0n) is 19.0. The lowest BCUT2D eigenvalue weighted by molar-refractivity contribution is -0.936. The first-order chi connectivity index (χ1) is 15.2. The van der Waals surface area contributed by atoms with Crippen LogP contribution in [0.3, 0.4) is 0 Å². The summed E-state index contributed by atoms with van der Waals surface area (Å²) in [7, 11) is 0. The number of amides is 1. The SMILES string of the molecule is CC1(C)C[C@H]2C[C@](C)(C[NH+]2Cn2c(O)c(N=NC(=O)c3ccccc3)c3ccccc32)C1. The number of nitrogens with zero attached hydrogens (tertiary/aromatic N) is 3. The molecule has 5 rings (SSSR count). The maximum absolute atomic E-state index is 12.4. The highest BCUT2D eigenvalue weighted by Gasteiger charge is 2.52. The molecule has 3 aromatic rings. The van der Waals surface area contributed by atoms with E-state index in [2.05, 4.69) is 31.0 Å². The van der Waals surface area contributed by atoms with E-state index in [-0.39, 0.29) is 5.88 Å². The second-order valence-corrected chi connectivity index (χ2v) is 10.7. The molecule has 166 valence electrons. The minimum absolute atomic E-state index is 0.0779. The Morgan fingerprint density at radius 2 is 1.81 bits per heavy atom. The topological polar surface area (TPSA) is 71.4 Å². The molecule has 3 atom stereocenters. The third kappa shape index (κ3) is 3.73. The predicted octanol–water partition coefficient (Wildman–Crippen LogP) is 4.71. The molecule has 2 aliphatic rings. The summed E-state index contributed by atoms with van der Waals surface area (Å²) >= 11 is 0. The maximum Gasteiger partial charge on any atom is 0.295 e. The smallest absolute Gasteiger partial charge is 0.295 e. The molecule has 1 unspecified atom stereocenters. The monoisotopic (exact) mass is 431 g/mol. The van der Waals surface area contributed by atoms with Gasteiger partial charge >= 0.3 is 0 Å². The van der Waals surface area contributed by atoms with E-state index in [0.29, 0.717) is 34.8 Å². The summed E-state index contributed by atoms with van der Waals surface area (Å²) in [5, 5.41) is 20.1. The summed E-state index contributed by atoms with van der Waals surface area (Å²) in [5.41, 5.74) is 2.47. The van der Waals surface area contributed by atoms with Crippen LogP contribution < -0.4 is 4.90 Å². The molecule has 6 heteroatoms. The molecule has 2 bridgehead atoms. The molecule has 1 aromatic heterocycles. The molecule has 1 aliphatic heterocycles. The molecule has 1 aliphatic carbocycles. The Morgan fingerprint density at radius 3 is 2.59 bits per heavy atom. The number of nitrogens with one attached hydrogen (secondary N) is 1. The quantitative estimate of drug-likeness (QED) is 0.587. The molecule has 2 aromatic carbocycles. The largest absolute Gasteiger partial charge is 0.493 e. The van der Waals surface area contributed by atoms with Crippen LogP contribution in [-0.2, 0) is 6.67 Å². The summed E-state index contributed by atoms with van der Waals surface area (Å²) < 4.78 is 1.95. The first-order valence-electron chi connectivity index (χ1n) is 11.4. The standard InChI is InChI=1S/C26H30N4O2/c1-25(2)13-19-14-26(3,15-25)16-29(19)17-30-21-12-8-7-11-20(21)22(24(30)32)27-28-23(31)18-9-5-4-6-10-18/h4-12,19,32H,13-17H2,1-3H3/p+1/t19-,26-/m0/s1. The van der Waals surface area contributed by atoms with Gasteiger partial charge in [0.15, 0.2) is 12.4 Å². The zero-order valence-corrected chi connectivity index (χ0v) is 19.0. The molecular formula is C26H31N4O2+. The van der Waals surface area contributed by atoms with Crippen LogP contribution in [0.15, 0.2) is 64.8 Å². The number of quaternary nitrogens is 1. The van der Waals surface area contributed by atoms with E-state index in [0.717, 1.165) is 17.4 Å². The molecule has 2 heterocycles. The maximum atomic E-state index is 12.4. The van der Waals surface area contributed by atoms with Crippen molar-refractivity contribution in [1.82, 2.24) is 4.57 Å². The number of aromatic nitrogens is 1. The van der Waals surface area contributed by atoms with Gasteiger partial charge < -0.3 is 10.0 Å². The second kappa shape index (κ2) is 7.55. The van der Waals surface area contributed by atoms with Crippen molar-refractivity contribution in [3.63, 3.8) is 0 Å². The van der Waals surface area contributed by atoms with Crippen LogP contribution in [0.25, 0.3) is 10.9 Å². The molecule has 2 fully saturated rings. The van der Waals surface area contributed by atoms with Crippen LogP contribution in [0.4, 0.5) is 5.69 Å². The highest BCUT2D eigenvalue weighted by Crippen LogP contribution is 2.47. The molecule has 0 radical (unpaired) electrons. The Morgan fingerprint density at radius 1 is 1.09 bits per heavy atom. The van der Waals surface area contributed by atoms with Gasteiger partial charge in [0.25, 0.3) is 5.91 Å². The van der Waals surface area contributed by atoms with E-state index in [1.54, 1.807) is 24.3 Å². The first kappa shape index (κ1) is 20.9. The second-order valence-electron chi connectivity index (χ2n) is 10.7. The fraction of sp³-hybridized carbons (Fsp3) is 0.423. The highest BCUT2D eigenvalue weighted by molar-refractivity contribution is 5.97. The van der Waals surface area contributed by atoms with Gasteiger partial charge in [-0.2, -0.15) is 0 Å². The first-order valence-corrected chi connectivity index (χ1v) is 11.4. The van der Waals surface area contributed by atoms with Crippen molar-refractivity contribution in [2.75, 3.05) is 6.54 Å². The molecular weight excluding hydrogens is 400 g/mol. The molecule has 32 heavy (non-hydrogen) atoms. The van der Waals surface area contributed by atoms with Gasteiger partial charge in [-0.15, -0.1) is 10.2 Å². The number of fused-ring (bicyclic) bond motifs is 3. The molecule has 1 saturated carbocycles. The number of azo groups is 1. The molecule has 1 saturated heterocycles. The van der Waals surface area contributed by atoms with Gasteiger partial charge in [0.05, 0.1) is 18.1 Å². The van der Waals surface area contributed by atoms with E-state index in [1.807, 2.05) is 34.9 Å². The number of hydrogen-bond donors (Lipinski definition) is 2. The normalized spacial score (nSPS) is 26.7. The molecule has 0 spiro atoms. The summed E-state index contributed by atoms with van der Waals surface area (Å²) in [6.45, 7) is 8.97. The Kier molecular flexibility index (Phi) is 4.93. The van der Waals surface area contributed by atoms with Crippen LogP contribution in [-0.4, -0.2) is 28.2 Å². The number of para-hydroxylation sites is 1. The summed E-state index contributed by atoms with van der Waals surface area (Å²) in [5.74, 6) is -0.342. The lowest BCUT2D eigenvalue weighted by atomic mass is 9.65. The zero-order chi connectivity index (χ0) is 22.5. The molecule has 2 N–H and O–H groups in total. The van der Waals surface area contributed by atoms with Crippen LogP contribution >= 0.6 is 0 Å². The number of carbonyl (C=O) groups is 1. The van der Waals surface area contributed by atoms with Gasteiger partial charge in [-0.25, -0.2) is 0 Å². The van der Waals surface area contributed by atoms with Crippen molar-refractivity contribution in [3.05, 3.63) is 60.2 Å². The van der Waals surface area contributed by atoms with Gasteiger partial charge in [0.2, 0.25) is 5.88 Å². The Hall–Kier alpha value is -2.99. The van der Waals surface area contributed by atoms with Gasteiger partial charge in [0, 0.05) is 29.2 Å². The fourth-order valence-electron chi connectivity index (χ4n) is 6.40. The Labute approximate surface area is 188 Å². The average Bonchev–Trinajstić information content (AvgIpc) is 3.15. The van der Waals surface area contributed by atoms with Crippen LogP contribution in [0.1, 0.15) is 50.4 Å². The number of hydrogen-bond acceptors (Lipinski definition) is 3. The number of benzene rings is 2. The third-order valence-electron chi connectivity index (χ3n) is 7.21. The van der Waals surface area contributed by atoms with Gasteiger partial charge in [-0.3, -0.25) is 9.36 Å². The fourth-order valence-corrected chi connectivity index (χ4v) is 6.40. The lowest BCUT2D eigenvalue weighted by Crippen LogP contribution is -3.13. The minimum atomic E-state index is -0.420. The van der Waals surface area contributed by atoms with Crippen LogP contribution in [0.2, 0.25) is 0 Å². The average molecular weight is 432 g/mol. The van der Waals surface area contributed by atoms with Gasteiger partial charge in [-0.05, 0) is 30.0 Å². The van der Waals surface area contributed by atoms with Crippen molar-refractivity contribution < 1.29 is 14.8 Å². The van der Waals surface area contributed by atoms with Gasteiger partial charge in [-0.1, -0.05) is 57.2 Å². The number of carbonyl (C=O) groups excluding carboxylic acids is 1. The lowest BCUT2D eigenvalue weighted by Gasteiger charge is -2.37. The van der Waals surface area contributed by atoms with Crippen LogP contribution in [0.5, 0.6) is 5.88 Å². The minimum Gasteiger partial charge on any atom is -0.493 e. The van der Waals surface area contributed by atoms with Crippen LogP contribution in [0, 0.1) is 10.8 Å². The summed E-state index contributed by atoms with van der Waals surface area (Å²) in [6.07, 6.45) is 3.69. The highest BCUT2D eigenvalue weighted by atomic mass is 16.3. The predicted molar refractivity (Wildman–Crippen MR) is 124 cm³/mol. The number of aromatic hydroxyl groups is 1. The van der Waals surface area contributed by atoms with E-state index < -0.39 is 5.91 Å². The van der Waals surface area contributed by atoms with Crippen molar-refractivity contribution in [3.8, 4) is 5.88 Å². The van der Waals surface area contributed by atoms with Crippen molar-refractivity contribution in [2.24, 2.45) is 21.1 Å². The molecule has 1 amide bonds. The van der Waals surface area contributed by atoms with E-state index in [4.69, 9.17) is 0 Å². The molecule has 6 nitrogen and oxygen atoms in total. The number of rotatable bonds is 4. The van der Waals surface area contributed by atoms with E-state index >= 15 is 0 Å². The Bertz CT molecular complexity index is 1200. The van der Waals surface area contributed by atoms with E-state index in [9.17, 15) is 9.90 Å². The summed E-state index contributed by atoms with van der Waals surface area (Å²) in [4.78, 5) is 13.9. The third-order valence-corrected chi connectivity index (χ3v) is 7.21. The van der Waals surface area contributed by atoms with E-state index in [1.165, 1.54) is 24.2 Å². The van der Waals surface area contributed by atoms with Crippen molar-refractivity contribution >= 4 is 22.5 Å². The number of likely N-dealkylation sites (tertiary alicyclic amines) is 1. The van der Waals surface area contributed by atoms with Crippen molar-refractivity contribution in [2.45, 2.75) is 52.7 Å². The Balaban J connectivity index is 1.47.